The van der Waals surface area contributed by atoms with Crippen LogP contribution in [0.2, 0.25) is 0 Å². The predicted octanol–water partition coefficient (Wildman–Crippen LogP) is 1.91. The van der Waals surface area contributed by atoms with E-state index in [0.29, 0.717) is 12.3 Å². The summed E-state index contributed by atoms with van der Waals surface area (Å²) in [5.41, 5.74) is 5.72. The summed E-state index contributed by atoms with van der Waals surface area (Å²) in [7, 11) is 0. The van der Waals surface area contributed by atoms with E-state index in [1.165, 1.54) is 0 Å². The first-order valence-corrected chi connectivity index (χ1v) is 5.75. The van der Waals surface area contributed by atoms with Gasteiger partial charge in [0.05, 0.1) is 0 Å². The molecule has 3 nitrogen and oxygen atoms in total. The average molecular weight is 214 g/mol. The summed E-state index contributed by atoms with van der Waals surface area (Å²) in [6, 6.07) is -0.0572. The van der Waals surface area contributed by atoms with Crippen LogP contribution in [-0.2, 0) is 4.79 Å². The van der Waals surface area contributed by atoms with E-state index in [2.05, 4.69) is 33.0 Å². The van der Waals surface area contributed by atoms with E-state index in [1.54, 1.807) is 0 Å². The maximum absolute atomic E-state index is 11.4. The second-order valence-corrected chi connectivity index (χ2v) is 5.72. The first kappa shape index (κ1) is 14.4. The number of carbonyl (C=O) groups is 1. The van der Waals surface area contributed by atoms with Crippen molar-refractivity contribution < 1.29 is 4.79 Å². The molecule has 0 heterocycles. The van der Waals surface area contributed by atoms with Crippen molar-refractivity contribution >= 4 is 5.91 Å². The van der Waals surface area contributed by atoms with E-state index < -0.39 is 0 Å². The van der Waals surface area contributed by atoms with Crippen molar-refractivity contribution in [2.75, 3.05) is 6.54 Å². The first-order chi connectivity index (χ1) is 6.73. The van der Waals surface area contributed by atoms with Crippen LogP contribution >= 0.6 is 0 Å². The van der Waals surface area contributed by atoms with Crippen molar-refractivity contribution in [2.45, 2.75) is 53.5 Å². The van der Waals surface area contributed by atoms with Crippen molar-refractivity contribution in [3.8, 4) is 0 Å². The molecule has 3 N–H and O–H groups in total. The smallest absolute Gasteiger partial charge is 0.221 e. The van der Waals surface area contributed by atoms with Crippen LogP contribution in [0.15, 0.2) is 0 Å². The summed E-state index contributed by atoms with van der Waals surface area (Å²) in [5, 5.41) is 2.94. The van der Waals surface area contributed by atoms with E-state index >= 15 is 0 Å². The molecule has 1 amide bonds. The number of rotatable bonds is 6. The Labute approximate surface area is 93.8 Å². The summed E-state index contributed by atoms with van der Waals surface area (Å²) >= 11 is 0. The lowest BCUT2D eigenvalue weighted by Crippen LogP contribution is -2.37. The largest absolute Gasteiger partial charge is 0.356 e. The molecule has 0 aromatic rings. The van der Waals surface area contributed by atoms with E-state index in [9.17, 15) is 4.79 Å². The number of hydrogen-bond donors (Lipinski definition) is 2. The Hall–Kier alpha value is -0.570. The highest BCUT2D eigenvalue weighted by molar-refractivity contribution is 5.76. The lowest BCUT2D eigenvalue weighted by atomic mass is 9.84. The third-order valence-corrected chi connectivity index (χ3v) is 2.23. The van der Waals surface area contributed by atoms with Gasteiger partial charge in [0.1, 0.15) is 0 Å². The summed E-state index contributed by atoms with van der Waals surface area (Å²) in [6.45, 7) is 11.3. The molecule has 0 rings (SSSR count). The highest BCUT2D eigenvalue weighted by Crippen LogP contribution is 2.23. The van der Waals surface area contributed by atoms with Crippen LogP contribution in [0.4, 0.5) is 0 Å². The van der Waals surface area contributed by atoms with Gasteiger partial charge in [-0.15, -0.1) is 0 Å². The minimum atomic E-state index is -0.0572. The molecule has 0 radical (unpaired) electrons. The number of amides is 1. The normalized spacial score (nSPS) is 14.1. The van der Waals surface area contributed by atoms with Gasteiger partial charge in [-0.1, -0.05) is 27.7 Å². The zero-order chi connectivity index (χ0) is 12.1. The molecule has 0 aliphatic heterocycles. The molecule has 0 aromatic carbocycles. The van der Waals surface area contributed by atoms with Gasteiger partial charge in [-0.05, 0) is 24.7 Å². The number of nitrogens with two attached hydrogens (primary N) is 1. The van der Waals surface area contributed by atoms with Crippen LogP contribution in [-0.4, -0.2) is 18.5 Å². The van der Waals surface area contributed by atoms with E-state index in [1.807, 2.05) is 6.92 Å². The van der Waals surface area contributed by atoms with Crippen molar-refractivity contribution in [1.29, 1.82) is 0 Å². The van der Waals surface area contributed by atoms with Crippen LogP contribution in [0.5, 0.6) is 0 Å². The Kier molecular flexibility index (Phi) is 5.88. The molecule has 0 fully saturated rings. The molecule has 0 bridgehead atoms. The van der Waals surface area contributed by atoms with Gasteiger partial charge in [0.2, 0.25) is 5.91 Å². The van der Waals surface area contributed by atoms with Crippen molar-refractivity contribution in [2.24, 2.45) is 17.1 Å². The standard InChI is InChI=1S/C12H26N2O/c1-9(2)7-12(4,5)8-14-11(15)6-10(3)13/h9-10H,6-8,13H2,1-5H3,(H,14,15). The van der Waals surface area contributed by atoms with Gasteiger partial charge in [0.15, 0.2) is 0 Å². The highest BCUT2D eigenvalue weighted by Gasteiger charge is 2.20. The summed E-state index contributed by atoms with van der Waals surface area (Å²) in [6.07, 6.45) is 1.53. The summed E-state index contributed by atoms with van der Waals surface area (Å²) in [4.78, 5) is 11.4. The quantitative estimate of drug-likeness (QED) is 0.709. The van der Waals surface area contributed by atoms with Crippen molar-refractivity contribution in [3.63, 3.8) is 0 Å². The number of hydrogen-bond acceptors (Lipinski definition) is 2. The molecule has 90 valence electrons. The molecule has 0 aromatic heterocycles. The maximum Gasteiger partial charge on any atom is 0.221 e. The van der Waals surface area contributed by atoms with Gasteiger partial charge in [-0.25, -0.2) is 0 Å². The topological polar surface area (TPSA) is 55.1 Å². The van der Waals surface area contributed by atoms with Gasteiger partial charge in [-0.2, -0.15) is 0 Å². The number of carbonyl (C=O) groups excluding carboxylic acids is 1. The fourth-order valence-electron chi connectivity index (χ4n) is 1.88. The SMILES string of the molecule is CC(C)CC(C)(C)CNC(=O)CC(C)N. The fraction of sp³-hybridized carbons (Fsp3) is 0.917. The Morgan fingerprint density at radius 3 is 2.27 bits per heavy atom. The fourth-order valence-corrected chi connectivity index (χ4v) is 1.88. The summed E-state index contributed by atoms with van der Waals surface area (Å²) in [5.74, 6) is 0.715. The third-order valence-electron chi connectivity index (χ3n) is 2.23. The Balaban J connectivity index is 3.87. The molecule has 0 aliphatic rings. The molecule has 1 unspecified atom stereocenters. The van der Waals surface area contributed by atoms with Gasteiger partial charge in [-0.3, -0.25) is 4.79 Å². The minimum absolute atomic E-state index is 0.0572. The van der Waals surface area contributed by atoms with E-state index in [4.69, 9.17) is 5.73 Å². The van der Waals surface area contributed by atoms with Crippen molar-refractivity contribution in [1.82, 2.24) is 5.32 Å². The minimum Gasteiger partial charge on any atom is -0.356 e. The average Bonchev–Trinajstić information content (AvgIpc) is 1.97. The van der Waals surface area contributed by atoms with Crippen LogP contribution in [0.25, 0.3) is 0 Å². The first-order valence-electron chi connectivity index (χ1n) is 5.75. The van der Waals surface area contributed by atoms with Gasteiger partial charge in [0, 0.05) is 19.0 Å². The zero-order valence-corrected chi connectivity index (χ0v) is 10.8. The third kappa shape index (κ3) is 8.43. The molecule has 0 saturated heterocycles. The molecule has 0 spiro atoms. The summed E-state index contributed by atoms with van der Waals surface area (Å²) < 4.78 is 0. The molecule has 15 heavy (non-hydrogen) atoms. The highest BCUT2D eigenvalue weighted by atomic mass is 16.1. The Morgan fingerprint density at radius 1 is 1.33 bits per heavy atom. The number of nitrogens with one attached hydrogen (secondary N) is 1. The lowest BCUT2D eigenvalue weighted by molar-refractivity contribution is -0.121. The van der Waals surface area contributed by atoms with Gasteiger partial charge < -0.3 is 11.1 Å². The molecular weight excluding hydrogens is 188 g/mol. The van der Waals surface area contributed by atoms with Crippen LogP contribution in [0, 0.1) is 11.3 Å². The van der Waals surface area contributed by atoms with E-state index in [-0.39, 0.29) is 17.4 Å². The van der Waals surface area contributed by atoms with Crippen LogP contribution < -0.4 is 11.1 Å². The molecule has 0 saturated carbocycles. The molecule has 0 aliphatic carbocycles. The van der Waals surface area contributed by atoms with Crippen LogP contribution in [0.1, 0.15) is 47.5 Å². The second kappa shape index (κ2) is 6.11. The molecule has 3 heteroatoms. The molecular formula is C12H26N2O. The van der Waals surface area contributed by atoms with Crippen molar-refractivity contribution in [3.05, 3.63) is 0 Å². The van der Waals surface area contributed by atoms with E-state index in [0.717, 1.165) is 13.0 Å². The monoisotopic (exact) mass is 214 g/mol. The Morgan fingerprint density at radius 2 is 1.87 bits per heavy atom. The van der Waals surface area contributed by atoms with Crippen LogP contribution in [0.3, 0.4) is 0 Å². The Bertz CT molecular complexity index is 198. The van der Waals surface area contributed by atoms with Gasteiger partial charge in [0.25, 0.3) is 0 Å². The zero-order valence-electron chi connectivity index (χ0n) is 10.8. The molecule has 1 atom stereocenters. The predicted molar refractivity (Wildman–Crippen MR) is 64.5 cm³/mol. The maximum atomic E-state index is 11.4. The lowest BCUT2D eigenvalue weighted by Gasteiger charge is -2.27. The van der Waals surface area contributed by atoms with Gasteiger partial charge >= 0.3 is 0 Å². The second-order valence-electron chi connectivity index (χ2n) is 5.72.